The van der Waals surface area contributed by atoms with Crippen LogP contribution in [0.5, 0.6) is 0 Å². The van der Waals surface area contributed by atoms with E-state index >= 15 is 0 Å². The van der Waals surface area contributed by atoms with Gasteiger partial charge in [0.2, 0.25) is 0 Å². The Bertz CT molecular complexity index is 128. The minimum Gasteiger partial charge on any atom is -0.326 e. The third-order valence-corrected chi connectivity index (χ3v) is 1.95. The van der Waals surface area contributed by atoms with Crippen molar-refractivity contribution < 1.29 is 0 Å². The molecule has 0 bridgehead atoms. The fourth-order valence-electron chi connectivity index (χ4n) is 0.924. The van der Waals surface area contributed by atoms with Crippen molar-refractivity contribution in [1.29, 1.82) is 0 Å². The van der Waals surface area contributed by atoms with Crippen LogP contribution in [-0.2, 0) is 0 Å². The lowest BCUT2D eigenvalue weighted by Gasteiger charge is -2.23. The molecule has 0 aliphatic heterocycles. The van der Waals surface area contributed by atoms with E-state index in [-0.39, 0.29) is 0 Å². The quantitative estimate of drug-likeness (QED) is 0.595. The summed E-state index contributed by atoms with van der Waals surface area (Å²) in [7, 11) is 1.85. The third kappa shape index (κ3) is 4.85. The minimum absolute atomic E-state index is 0.362. The molecule has 0 aromatic heterocycles. The van der Waals surface area contributed by atoms with Gasteiger partial charge < -0.3 is 5.43 Å². The number of hydrogen-bond donors (Lipinski definition) is 2. The monoisotopic (exact) mass is 156 g/mol. The van der Waals surface area contributed by atoms with Crippen LogP contribution in [0.25, 0.3) is 0 Å². The maximum atomic E-state index is 3.90. The Morgan fingerprint density at radius 2 is 2.00 bits per heavy atom. The molecular weight excluding hydrogens is 136 g/mol. The first-order chi connectivity index (χ1) is 5.02. The van der Waals surface area contributed by atoms with E-state index in [1.54, 1.807) is 0 Å². The predicted molar refractivity (Wildman–Crippen MR) is 50.0 cm³/mol. The third-order valence-electron chi connectivity index (χ3n) is 1.95. The Kier molecular flexibility index (Phi) is 4.19. The zero-order valence-corrected chi connectivity index (χ0v) is 8.12. The van der Waals surface area contributed by atoms with Crippen LogP contribution in [0, 0.1) is 5.41 Å². The SMILES string of the molecule is C=C(CC(C)(C)CC)NNC. The summed E-state index contributed by atoms with van der Waals surface area (Å²) in [6.45, 7) is 10.6. The van der Waals surface area contributed by atoms with Crippen molar-refractivity contribution >= 4 is 0 Å². The van der Waals surface area contributed by atoms with Crippen LogP contribution in [0.2, 0.25) is 0 Å². The molecule has 0 aromatic carbocycles. The highest BCUT2D eigenvalue weighted by atomic mass is 15.3. The smallest absolute Gasteiger partial charge is 0.0195 e. The van der Waals surface area contributed by atoms with Gasteiger partial charge in [-0.25, -0.2) is 5.43 Å². The summed E-state index contributed by atoms with van der Waals surface area (Å²) < 4.78 is 0. The van der Waals surface area contributed by atoms with Gasteiger partial charge in [0.15, 0.2) is 0 Å². The molecule has 0 unspecified atom stereocenters. The van der Waals surface area contributed by atoms with Gasteiger partial charge in [-0.05, 0) is 11.8 Å². The van der Waals surface area contributed by atoms with Gasteiger partial charge >= 0.3 is 0 Å². The van der Waals surface area contributed by atoms with E-state index in [2.05, 4.69) is 38.2 Å². The van der Waals surface area contributed by atoms with E-state index in [4.69, 9.17) is 0 Å². The summed E-state index contributed by atoms with van der Waals surface area (Å²) in [5.74, 6) is 0. The Hall–Kier alpha value is -0.500. The highest BCUT2D eigenvalue weighted by molar-refractivity contribution is 4.93. The van der Waals surface area contributed by atoms with Gasteiger partial charge in [0.1, 0.15) is 0 Å². The number of hydrogen-bond acceptors (Lipinski definition) is 2. The van der Waals surface area contributed by atoms with Crippen LogP contribution in [0.3, 0.4) is 0 Å². The molecule has 0 saturated heterocycles. The lowest BCUT2D eigenvalue weighted by molar-refractivity contribution is 0.337. The lowest BCUT2D eigenvalue weighted by Crippen LogP contribution is -2.28. The molecule has 2 nitrogen and oxygen atoms in total. The molecule has 0 radical (unpaired) electrons. The van der Waals surface area contributed by atoms with Crippen LogP contribution in [0.15, 0.2) is 12.3 Å². The Morgan fingerprint density at radius 3 is 2.36 bits per heavy atom. The van der Waals surface area contributed by atoms with Crippen molar-refractivity contribution in [3.63, 3.8) is 0 Å². The fourth-order valence-corrected chi connectivity index (χ4v) is 0.924. The highest BCUT2D eigenvalue weighted by Gasteiger charge is 2.15. The molecule has 11 heavy (non-hydrogen) atoms. The largest absolute Gasteiger partial charge is 0.326 e. The van der Waals surface area contributed by atoms with E-state index in [9.17, 15) is 0 Å². The van der Waals surface area contributed by atoms with Crippen LogP contribution in [0.1, 0.15) is 33.6 Å². The second kappa shape index (κ2) is 4.39. The van der Waals surface area contributed by atoms with Gasteiger partial charge in [-0.15, -0.1) is 0 Å². The molecule has 0 fully saturated rings. The zero-order valence-electron chi connectivity index (χ0n) is 8.12. The molecule has 66 valence electrons. The number of allylic oxidation sites excluding steroid dienone is 1. The van der Waals surface area contributed by atoms with Crippen molar-refractivity contribution in [3.05, 3.63) is 12.3 Å². The molecule has 0 heterocycles. The Balaban J connectivity index is 3.74. The van der Waals surface area contributed by atoms with Crippen molar-refractivity contribution in [3.8, 4) is 0 Å². The first kappa shape index (κ1) is 10.5. The van der Waals surface area contributed by atoms with Crippen LogP contribution < -0.4 is 10.9 Å². The summed E-state index contributed by atoms with van der Waals surface area (Å²) in [5, 5.41) is 0. The maximum absolute atomic E-state index is 3.90. The average molecular weight is 156 g/mol. The first-order valence-corrected chi connectivity index (χ1v) is 4.12. The molecule has 2 heteroatoms. The Morgan fingerprint density at radius 1 is 1.45 bits per heavy atom. The number of rotatable bonds is 5. The lowest BCUT2D eigenvalue weighted by atomic mass is 9.85. The summed E-state index contributed by atoms with van der Waals surface area (Å²) in [4.78, 5) is 0. The highest BCUT2D eigenvalue weighted by Crippen LogP contribution is 2.26. The van der Waals surface area contributed by atoms with E-state index in [1.165, 1.54) is 6.42 Å². The van der Waals surface area contributed by atoms with Crippen molar-refractivity contribution in [2.75, 3.05) is 7.05 Å². The molecule has 2 N–H and O–H groups in total. The van der Waals surface area contributed by atoms with Crippen molar-refractivity contribution in [1.82, 2.24) is 10.9 Å². The summed E-state index contributed by atoms with van der Waals surface area (Å²) in [5.41, 5.74) is 7.27. The molecule has 0 amide bonds. The number of hydrazine groups is 1. The van der Waals surface area contributed by atoms with Crippen LogP contribution >= 0.6 is 0 Å². The standard InChI is InChI=1S/C9H20N2/c1-6-9(3,4)7-8(2)11-10-5/h10-11H,2,6-7H2,1,3-5H3. The van der Waals surface area contributed by atoms with E-state index in [0.717, 1.165) is 12.1 Å². The van der Waals surface area contributed by atoms with Gasteiger partial charge in [0, 0.05) is 12.7 Å². The van der Waals surface area contributed by atoms with Crippen molar-refractivity contribution in [2.45, 2.75) is 33.6 Å². The molecule has 0 aliphatic rings. The van der Waals surface area contributed by atoms with Crippen LogP contribution in [0.4, 0.5) is 0 Å². The summed E-state index contributed by atoms with van der Waals surface area (Å²) in [6, 6.07) is 0. The van der Waals surface area contributed by atoms with Gasteiger partial charge in [0.05, 0.1) is 0 Å². The molecule has 0 atom stereocenters. The minimum atomic E-state index is 0.362. The molecular formula is C9H20N2. The maximum Gasteiger partial charge on any atom is 0.0195 e. The van der Waals surface area contributed by atoms with Gasteiger partial charge in [-0.1, -0.05) is 33.8 Å². The van der Waals surface area contributed by atoms with Crippen LogP contribution in [-0.4, -0.2) is 7.05 Å². The van der Waals surface area contributed by atoms with E-state index < -0.39 is 0 Å². The average Bonchev–Trinajstić information content (AvgIpc) is 1.87. The first-order valence-electron chi connectivity index (χ1n) is 4.12. The summed E-state index contributed by atoms with van der Waals surface area (Å²) in [6.07, 6.45) is 2.20. The zero-order chi connectivity index (χ0) is 8.91. The van der Waals surface area contributed by atoms with E-state index in [1.807, 2.05) is 7.05 Å². The topological polar surface area (TPSA) is 24.1 Å². The Labute approximate surface area is 70.0 Å². The molecule has 0 saturated carbocycles. The number of nitrogens with one attached hydrogen (secondary N) is 2. The van der Waals surface area contributed by atoms with E-state index in [0.29, 0.717) is 5.41 Å². The predicted octanol–water partition coefficient (Wildman–Crippen LogP) is 2.05. The molecule has 0 aliphatic carbocycles. The molecule has 0 rings (SSSR count). The summed E-state index contributed by atoms with van der Waals surface area (Å²) >= 11 is 0. The van der Waals surface area contributed by atoms with Gasteiger partial charge in [0.25, 0.3) is 0 Å². The molecule has 0 spiro atoms. The van der Waals surface area contributed by atoms with Gasteiger partial charge in [-0.2, -0.15) is 0 Å². The normalized spacial score (nSPS) is 11.3. The molecule has 0 aromatic rings. The second-order valence-electron chi connectivity index (χ2n) is 3.67. The van der Waals surface area contributed by atoms with Gasteiger partial charge in [-0.3, -0.25) is 0 Å². The fraction of sp³-hybridized carbons (Fsp3) is 0.778. The second-order valence-corrected chi connectivity index (χ2v) is 3.67. The van der Waals surface area contributed by atoms with Crippen molar-refractivity contribution in [2.24, 2.45) is 5.41 Å².